The maximum absolute atomic E-state index is 5.48. The minimum absolute atomic E-state index is 0.0366. The Hall–Kier alpha value is -1.16. The minimum atomic E-state index is -0.0366. The van der Waals surface area contributed by atoms with Gasteiger partial charge in [0.15, 0.2) is 0 Å². The summed E-state index contributed by atoms with van der Waals surface area (Å²) in [5.74, 6) is 0. The number of hydrogen-bond donors (Lipinski definition) is 0. The first kappa shape index (κ1) is 12.9. The van der Waals surface area contributed by atoms with E-state index in [-0.39, 0.29) is 11.5 Å². The molecule has 16 heavy (non-hydrogen) atoms. The molecule has 1 atom stereocenters. The molecule has 0 amide bonds. The molecule has 0 aliphatic carbocycles. The zero-order valence-corrected chi connectivity index (χ0v) is 10.7. The molecular weight excluding hydrogens is 204 g/mol. The van der Waals surface area contributed by atoms with Gasteiger partial charge in [0.2, 0.25) is 0 Å². The van der Waals surface area contributed by atoms with Crippen LogP contribution in [0.1, 0.15) is 33.3 Å². The summed E-state index contributed by atoms with van der Waals surface area (Å²) in [5.41, 5.74) is 1.16. The van der Waals surface area contributed by atoms with Crippen molar-refractivity contribution in [1.82, 2.24) is 9.97 Å². The van der Waals surface area contributed by atoms with E-state index in [2.05, 4.69) is 30.7 Å². The molecule has 0 aliphatic rings. The lowest BCUT2D eigenvalue weighted by Crippen LogP contribution is -2.20. The van der Waals surface area contributed by atoms with Gasteiger partial charge in [0, 0.05) is 19.5 Å². The summed E-state index contributed by atoms with van der Waals surface area (Å²) in [5, 5.41) is 0. The zero-order valence-electron chi connectivity index (χ0n) is 10.7. The van der Waals surface area contributed by atoms with E-state index in [1.165, 1.54) is 0 Å². The highest BCUT2D eigenvalue weighted by Crippen LogP contribution is 2.21. The fraction of sp³-hybridized carbons (Fsp3) is 0.667. The lowest BCUT2D eigenvalue weighted by molar-refractivity contribution is 0.0854. The summed E-state index contributed by atoms with van der Waals surface area (Å²) in [6.07, 6.45) is 3.58. The van der Waals surface area contributed by atoms with Crippen molar-refractivity contribution >= 4 is 0 Å². The van der Waals surface area contributed by atoms with Crippen LogP contribution in [0.5, 0.6) is 6.01 Å². The summed E-state index contributed by atoms with van der Waals surface area (Å²) >= 11 is 0. The normalized spacial score (nSPS) is 13.6. The van der Waals surface area contributed by atoms with Crippen molar-refractivity contribution in [2.75, 3.05) is 13.7 Å². The van der Waals surface area contributed by atoms with E-state index in [1.807, 2.05) is 19.3 Å². The number of ether oxygens (including phenoxy) is 2. The summed E-state index contributed by atoms with van der Waals surface area (Å²) in [6, 6.07) is 0.401. The Morgan fingerprint density at radius 1 is 1.25 bits per heavy atom. The number of rotatable bonds is 4. The maximum atomic E-state index is 5.48. The standard InChI is InChI=1S/C12H20N2O2/c1-9(8-15-5)16-11-13-6-10(7-14-11)12(2,3)4/h6-7,9H,8H2,1-5H3. The first-order valence-corrected chi connectivity index (χ1v) is 5.41. The van der Waals surface area contributed by atoms with E-state index >= 15 is 0 Å². The number of hydrogen-bond acceptors (Lipinski definition) is 4. The van der Waals surface area contributed by atoms with Gasteiger partial charge in [-0.15, -0.1) is 0 Å². The molecule has 0 saturated carbocycles. The van der Waals surface area contributed by atoms with E-state index in [9.17, 15) is 0 Å². The predicted molar refractivity (Wildman–Crippen MR) is 62.7 cm³/mol. The summed E-state index contributed by atoms with van der Waals surface area (Å²) in [4.78, 5) is 8.36. The van der Waals surface area contributed by atoms with Crippen LogP contribution in [-0.4, -0.2) is 29.8 Å². The third-order valence-electron chi connectivity index (χ3n) is 2.20. The third kappa shape index (κ3) is 3.77. The molecule has 0 spiro atoms. The van der Waals surface area contributed by atoms with Crippen LogP contribution in [0.25, 0.3) is 0 Å². The van der Waals surface area contributed by atoms with Gasteiger partial charge >= 0.3 is 6.01 Å². The monoisotopic (exact) mass is 224 g/mol. The molecule has 90 valence electrons. The van der Waals surface area contributed by atoms with Crippen molar-refractivity contribution in [2.45, 2.75) is 39.2 Å². The van der Waals surface area contributed by atoms with Gasteiger partial charge in [0.1, 0.15) is 6.10 Å². The van der Waals surface area contributed by atoms with Crippen LogP contribution in [0.3, 0.4) is 0 Å². The van der Waals surface area contributed by atoms with Gasteiger partial charge in [-0.2, -0.15) is 0 Å². The third-order valence-corrected chi connectivity index (χ3v) is 2.20. The molecule has 4 heteroatoms. The molecule has 0 saturated heterocycles. The topological polar surface area (TPSA) is 44.2 Å². The molecular formula is C12H20N2O2. The van der Waals surface area contributed by atoms with Crippen LogP contribution in [-0.2, 0) is 10.2 Å². The van der Waals surface area contributed by atoms with E-state index in [0.717, 1.165) is 5.56 Å². The second-order valence-electron chi connectivity index (χ2n) is 4.89. The van der Waals surface area contributed by atoms with Gasteiger partial charge in [0.05, 0.1) is 6.61 Å². The van der Waals surface area contributed by atoms with Gasteiger partial charge in [-0.1, -0.05) is 20.8 Å². The fourth-order valence-electron chi connectivity index (χ4n) is 1.21. The summed E-state index contributed by atoms with van der Waals surface area (Å²) < 4.78 is 10.4. The van der Waals surface area contributed by atoms with Crippen LogP contribution in [0.15, 0.2) is 12.4 Å². The molecule has 1 aromatic heterocycles. The van der Waals surface area contributed by atoms with E-state index < -0.39 is 0 Å². The first-order valence-electron chi connectivity index (χ1n) is 5.41. The minimum Gasteiger partial charge on any atom is -0.458 e. The van der Waals surface area contributed by atoms with Crippen LogP contribution in [0.4, 0.5) is 0 Å². The quantitative estimate of drug-likeness (QED) is 0.786. The molecule has 0 aliphatic heterocycles. The van der Waals surface area contributed by atoms with Crippen molar-refractivity contribution in [1.29, 1.82) is 0 Å². The molecule has 0 bridgehead atoms. The maximum Gasteiger partial charge on any atom is 0.316 e. The molecule has 1 unspecified atom stereocenters. The average Bonchev–Trinajstić information content (AvgIpc) is 2.17. The first-order chi connectivity index (χ1) is 7.43. The van der Waals surface area contributed by atoms with E-state index in [1.54, 1.807) is 7.11 Å². The molecule has 1 aromatic rings. The summed E-state index contributed by atoms with van der Waals surface area (Å²) in [7, 11) is 1.64. The van der Waals surface area contributed by atoms with Gasteiger partial charge in [-0.25, -0.2) is 9.97 Å². The highest BCUT2D eigenvalue weighted by atomic mass is 16.5. The van der Waals surface area contributed by atoms with Gasteiger partial charge in [-0.05, 0) is 17.9 Å². The largest absolute Gasteiger partial charge is 0.458 e. The predicted octanol–water partition coefficient (Wildman–Crippen LogP) is 2.19. The van der Waals surface area contributed by atoms with Crippen LogP contribution in [0, 0.1) is 0 Å². The molecule has 4 nitrogen and oxygen atoms in total. The molecule has 0 radical (unpaired) electrons. The Labute approximate surface area is 97.0 Å². The molecule has 0 fully saturated rings. The zero-order chi connectivity index (χ0) is 12.2. The number of aromatic nitrogens is 2. The summed E-state index contributed by atoms with van der Waals surface area (Å²) in [6.45, 7) is 8.83. The second-order valence-corrected chi connectivity index (χ2v) is 4.89. The molecule has 0 N–H and O–H groups in total. The van der Waals surface area contributed by atoms with Crippen molar-refractivity contribution < 1.29 is 9.47 Å². The Morgan fingerprint density at radius 2 is 1.81 bits per heavy atom. The van der Waals surface area contributed by atoms with Crippen LogP contribution < -0.4 is 4.74 Å². The van der Waals surface area contributed by atoms with E-state index in [0.29, 0.717) is 12.6 Å². The van der Waals surface area contributed by atoms with Gasteiger partial charge in [0.25, 0.3) is 0 Å². The van der Waals surface area contributed by atoms with Gasteiger partial charge < -0.3 is 9.47 Å². The fourth-order valence-corrected chi connectivity index (χ4v) is 1.21. The van der Waals surface area contributed by atoms with Gasteiger partial charge in [-0.3, -0.25) is 0 Å². The molecule has 0 aromatic carbocycles. The highest BCUT2D eigenvalue weighted by molar-refractivity contribution is 5.16. The van der Waals surface area contributed by atoms with E-state index in [4.69, 9.17) is 9.47 Å². The van der Waals surface area contributed by atoms with Crippen LogP contribution >= 0.6 is 0 Å². The number of nitrogens with zero attached hydrogens (tertiary/aromatic N) is 2. The molecule has 1 heterocycles. The van der Waals surface area contributed by atoms with Crippen LogP contribution in [0.2, 0.25) is 0 Å². The smallest absolute Gasteiger partial charge is 0.316 e. The second kappa shape index (κ2) is 5.25. The average molecular weight is 224 g/mol. The molecule has 1 rings (SSSR count). The lowest BCUT2D eigenvalue weighted by atomic mass is 9.89. The Bertz CT molecular complexity index is 317. The highest BCUT2D eigenvalue weighted by Gasteiger charge is 2.15. The Balaban J connectivity index is 2.65. The Kier molecular flexibility index (Phi) is 4.24. The Morgan fingerprint density at radius 3 is 2.25 bits per heavy atom. The van der Waals surface area contributed by atoms with Crippen molar-refractivity contribution in [3.63, 3.8) is 0 Å². The SMILES string of the molecule is COCC(C)Oc1ncc(C(C)(C)C)cn1. The van der Waals surface area contributed by atoms with Crippen molar-refractivity contribution in [2.24, 2.45) is 0 Å². The lowest BCUT2D eigenvalue weighted by Gasteiger charge is -2.18. The number of methoxy groups -OCH3 is 1. The van der Waals surface area contributed by atoms with Crippen molar-refractivity contribution in [3.8, 4) is 6.01 Å². The van der Waals surface area contributed by atoms with Crippen molar-refractivity contribution in [3.05, 3.63) is 18.0 Å².